The molecule has 0 saturated heterocycles. The quantitative estimate of drug-likeness (QED) is 0.465. The van der Waals surface area contributed by atoms with E-state index in [9.17, 15) is 0 Å². The maximum absolute atomic E-state index is 5.22. The Morgan fingerprint density at radius 3 is 2.50 bits per heavy atom. The molecule has 0 spiro atoms. The summed E-state index contributed by atoms with van der Waals surface area (Å²) in [5.74, 6) is 1.50. The summed E-state index contributed by atoms with van der Waals surface area (Å²) in [5, 5.41) is 18.7. The van der Waals surface area contributed by atoms with Crippen molar-refractivity contribution < 1.29 is 4.74 Å². The highest BCUT2D eigenvalue weighted by molar-refractivity contribution is 7.19. The maximum Gasteiger partial charge on any atom is 0.235 e. The molecule has 0 N–H and O–H groups in total. The molecule has 2 aromatic carbocycles. The van der Waals surface area contributed by atoms with E-state index in [2.05, 4.69) is 15.3 Å². The van der Waals surface area contributed by atoms with Gasteiger partial charge in [0.1, 0.15) is 5.75 Å². The van der Waals surface area contributed by atoms with Gasteiger partial charge in [0.2, 0.25) is 4.96 Å². The minimum atomic E-state index is 0.702. The standard InChI is InChI=1S/C20H16N6OS/c1-13-17(12-21-25(13)15-6-4-3-5-7-15)19-24-26-18(22-23-20(26)28-19)14-8-10-16(27-2)11-9-14/h3-12H,1-2H3. The Balaban J connectivity index is 1.56. The molecule has 8 heteroatoms. The SMILES string of the molecule is COc1ccc(-c2nnc3sc(-c4cnn(-c5ccccc5)c4C)nn23)cc1. The zero-order valence-electron chi connectivity index (χ0n) is 15.3. The van der Waals surface area contributed by atoms with Gasteiger partial charge >= 0.3 is 0 Å². The van der Waals surface area contributed by atoms with Crippen LogP contribution in [0.4, 0.5) is 0 Å². The topological polar surface area (TPSA) is 70.1 Å². The molecular weight excluding hydrogens is 372 g/mol. The van der Waals surface area contributed by atoms with E-state index in [1.165, 1.54) is 11.3 Å². The first-order valence-electron chi connectivity index (χ1n) is 8.71. The molecule has 0 aliphatic heterocycles. The van der Waals surface area contributed by atoms with Crippen molar-refractivity contribution in [3.8, 4) is 33.4 Å². The van der Waals surface area contributed by atoms with Gasteiger partial charge in [0.15, 0.2) is 10.8 Å². The molecule has 0 saturated carbocycles. The van der Waals surface area contributed by atoms with Crippen molar-refractivity contribution in [2.45, 2.75) is 6.92 Å². The highest BCUT2D eigenvalue weighted by Crippen LogP contribution is 2.31. The molecule has 3 aromatic heterocycles. The number of fused-ring (bicyclic) bond motifs is 1. The summed E-state index contributed by atoms with van der Waals surface area (Å²) >= 11 is 1.50. The van der Waals surface area contributed by atoms with E-state index in [1.807, 2.05) is 72.4 Å². The lowest BCUT2D eigenvalue weighted by atomic mass is 10.2. The van der Waals surface area contributed by atoms with E-state index in [0.29, 0.717) is 5.82 Å². The van der Waals surface area contributed by atoms with E-state index in [0.717, 1.165) is 38.2 Å². The number of benzene rings is 2. The second kappa shape index (κ2) is 6.58. The predicted molar refractivity (Wildman–Crippen MR) is 108 cm³/mol. The molecule has 7 nitrogen and oxygen atoms in total. The number of hydrogen-bond donors (Lipinski definition) is 0. The maximum atomic E-state index is 5.22. The molecule has 0 aliphatic carbocycles. The molecule has 0 atom stereocenters. The summed E-state index contributed by atoms with van der Waals surface area (Å²) in [4.78, 5) is 0.743. The van der Waals surface area contributed by atoms with Gasteiger partial charge in [-0.15, -0.1) is 10.2 Å². The smallest absolute Gasteiger partial charge is 0.235 e. The van der Waals surface area contributed by atoms with Crippen LogP contribution in [0, 0.1) is 6.92 Å². The molecule has 3 heterocycles. The second-order valence-electron chi connectivity index (χ2n) is 6.24. The van der Waals surface area contributed by atoms with Crippen LogP contribution >= 0.6 is 11.3 Å². The minimum absolute atomic E-state index is 0.702. The lowest BCUT2D eigenvalue weighted by Gasteiger charge is -2.04. The second-order valence-corrected chi connectivity index (χ2v) is 7.20. The first-order chi connectivity index (χ1) is 13.7. The predicted octanol–water partition coefficient (Wildman–Crippen LogP) is 4.02. The van der Waals surface area contributed by atoms with Crippen LogP contribution in [-0.2, 0) is 0 Å². The van der Waals surface area contributed by atoms with Crippen LogP contribution in [0.25, 0.3) is 32.6 Å². The van der Waals surface area contributed by atoms with Crippen LogP contribution in [-0.4, -0.2) is 36.7 Å². The third kappa shape index (κ3) is 2.66. The molecular formula is C20H16N6OS. The fraction of sp³-hybridized carbons (Fsp3) is 0.100. The van der Waals surface area contributed by atoms with Crippen molar-refractivity contribution in [3.63, 3.8) is 0 Å². The van der Waals surface area contributed by atoms with Crippen LogP contribution in [0.5, 0.6) is 5.75 Å². The molecule has 0 amide bonds. The van der Waals surface area contributed by atoms with E-state index in [4.69, 9.17) is 9.84 Å². The average Bonchev–Trinajstić information content (AvgIpc) is 3.42. The third-order valence-corrected chi connectivity index (χ3v) is 5.51. The molecule has 5 aromatic rings. The van der Waals surface area contributed by atoms with E-state index < -0.39 is 0 Å². The Labute approximate surface area is 164 Å². The lowest BCUT2D eigenvalue weighted by Crippen LogP contribution is -1.98. The molecule has 138 valence electrons. The summed E-state index contributed by atoms with van der Waals surface area (Å²) < 4.78 is 8.92. The summed E-state index contributed by atoms with van der Waals surface area (Å²) in [6.45, 7) is 2.04. The van der Waals surface area contributed by atoms with Crippen LogP contribution in [0.3, 0.4) is 0 Å². The van der Waals surface area contributed by atoms with Gasteiger partial charge in [-0.3, -0.25) is 0 Å². The average molecular weight is 388 g/mol. The number of hydrogen-bond acceptors (Lipinski definition) is 6. The fourth-order valence-corrected chi connectivity index (χ4v) is 4.00. The minimum Gasteiger partial charge on any atom is -0.497 e. The van der Waals surface area contributed by atoms with Gasteiger partial charge in [0, 0.05) is 5.56 Å². The van der Waals surface area contributed by atoms with Crippen LogP contribution < -0.4 is 4.74 Å². The van der Waals surface area contributed by atoms with Gasteiger partial charge in [-0.25, -0.2) is 4.68 Å². The lowest BCUT2D eigenvalue weighted by molar-refractivity contribution is 0.415. The zero-order valence-corrected chi connectivity index (χ0v) is 16.1. The van der Waals surface area contributed by atoms with Crippen molar-refractivity contribution in [1.29, 1.82) is 0 Å². The van der Waals surface area contributed by atoms with Crippen molar-refractivity contribution in [3.05, 3.63) is 66.5 Å². The third-order valence-electron chi connectivity index (χ3n) is 4.58. The Morgan fingerprint density at radius 2 is 1.75 bits per heavy atom. The Morgan fingerprint density at radius 1 is 0.964 bits per heavy atom. The molecule has 0 aliphatic rings. The number of para-hydroxylation sites is 1. The van der Waals surface area contributed by atoms with Crippen molar-refractivity contribution in [2.75, 3.05) is 7.11 Å². The van der Waals surface area contributed by atoms with E-state index >= 15 is 0 Å². The summed E-state index contributed by atoms with van der Waals surface area (Å²) in [5.41, 5.74) is 3.97. The van der Waals surface area contributed by atoms with Gasteiger partial charge in [-0.1, -0.05) is 29.5 Å². The Hall–Kier alpha value is -3.52. The van der Waals surface area contributed by atoms with Gasteiger partial charge < -0.3 is 4.74 Å². The van der Waals surface area contributed by atoms with E-state index in [-0.39, 0.29) is 0 Å². The molecule has 0 fully saturated rings. The molecule has 0 unspecified atom stereocenters. The van der Waals surface area contributed by atoms with Gasteiger partial charge in [0.25, 0.3) is 0 Å². The zero-order chi connectivity index (χ0) is 19.1. The van der Waals surface area contributed by atoms with Crippen molar-refractivity contribution in [2.24, 2.45) is 0 Å². The number of aromatic nitrogens is 6. The summed E-state index contributed by atoms with van der Waals surface area (Å²) in [6, 6.07) is 17.8. The van der Waals surface area contributed by atoms with Gasteiger partial charge in [0.05, 0.1) is 30.3 Å². The number of ether oxygens (including phenoxy) is 1. The number of nitrogens with zero attached hydrogens (tertiary/aromatic N) is 6. The fourth-order valence-electron chi connectivity index (χ4n) is 3.09. The van der Waals surface area contributed by atoms with E-state index in [1.54, 1.807) is 11.6 Å². The summed E-state index contributed by atoms with van der Waals surface area (Å²) in [6.07, 6.45) is 1.85. The van der Waals surface area contributed by atoms with Gasteiger partial charge in [-0.05, 0) is 43.3 Å². The first kappa shape index (κ1) is 16.6. The normalized spacial score (nSPS) is 11.2. The molecule has 0 bridgehead atoms. The largest absolute Gasteiger partial charge is 0.497 e. The van der Waals surface area contributed by atoms with Gasteiger partial charge in [-0.2, -0.15) is 14.7 Å². The monoisotopic (exact) mass is 388 g/mol. The van der Waals surface area contributed by atoms with Crippen molar-refractivity contribution >= 4 is 16.3 Å². The molecule has 0 radical (unpaired) electrons. The van der Waals surface area contributed by atoms with Crippen LogP contribution in [0.2, 0.25) is 0 Å². The first-order valence-corrected chi connectivity index (χ1v) is 9.53. The summed E-state index contributed by atoms with van der Waals surface area (Å²) in [7, 11) is 1.65. The highest BCUT2D eigenvalue weighted by Gasteiger charge is 2.18. The molecule has 28 heavy (non-hydrogen) atoms. The number of methoxy groups -OCH3 is 1. The highest BCUT2D eigenvalue weighted by atomic mass is 32.1. The molecule has 5 rings (SSSR count). The van der Waals surface area contributed by atoms with Crippen LogP contribution in [0.15, 0.2) is 60.8 Å². The Bertz CT molecular complexity index is 1250. The van der Waals surface area contributed by atoms with Crippen LogP contribution in [0.1, 0.15) is 5.69 Å². The number of rotatable bonds is 4. The Kier molecular flexibility index (Phi) is 3.91. The van der Waals surface area contributed by atoms with Crippen molar-refractivity contribution in [1.82, 2.24) is 29.6 Å².